The summed E-state index contributed by atoms with van der Waals surface area (Å²) in [6.45, 7) is 2.22. The Kier molecular flexibility index (Phi) is 6.13. The molecule has 1 N–H and O–H groups in total. The maximum atomic E-state index is 12.0. The third-order valence-corrected chi connectivity index (χ3v) is 5.07. The van der Waals surface area contributed by atoms with E-state index < -0.39 is 0 Å². The minimum absolute atomic E-state index is 0.119. The van der Waals surface area contributed by atoms with Crippen molar-refractivity contribution >= 4 is 17.7 Å². The second-order valence-electron chi connectivity index (χ2n) is 5.70. The molecule has 1 aliphatic carbocycles. The van der Waals surface area contributed by atoms with Crippen LogP contribution in [0.3, 0.4) is 0 Å². The maximum Gasteiger partial charge on any atom is 0.230 e. The molecule has 4 heteroatoms. The zero-order valence-electron chi connectivity index (χ0n) is 12.5. The molecule has 2 atom stereocenters. The molecule has 112 valence electrons. The highest BCUT2D eigenvalue weighted by atomic mass is 32.2. The fourth-order valence-corrected chi connectivity index (χ4v) is 3.63. The Hall–Kier alpha value is -1.47. The second kappa shape index (κ2) is 8.09. The predicted molar refractivity (Wildman–Crippen MR) is 86.9 cm³/mol. The number of nitrogens with one attached hydrogen (secondary N) is 1. The Morgan fingerprint density at radius 3 is 2.90 bits per heavy atom. The lowest BCUT2D eigenvalue weighted by Gasteiger charge is -2.29. The van der Waals surface area contributed by atoms with E-state index in [0.29, 0.717) is 29.0 Å². The van der Waals surface area contributed by atoms with E-state index in [4.69, 9.17) is 5.26 Å². The van der Waals surface area contributed by atoms with Gasteiger partial charge in [-0.25, -0.2) is 0 Å². The quantitative estimate of drug-likeness (QED) is 0.906. The number of hydrogen-bond donors (Lipinski definition) is 1. The SMILES string of the molecule is C[C@H]1CCCC[C@@H]1NC(=O)CSCc1ccccc1C#N. The molecule has 1 fully saturated rings. The highest BCUT2D eigenvalue weighted by Gasteiger charge is 2.22. The van der Waals surface area contributed by atoms with Gasteiger partial charge in [-0.1, -0.05) is 38.0 Å². The number of benzene rings is 1. The summed E-state index contributed by atoms with van der Waals surface area (Å²) in [6, 6.07) is 10.1. The lowest BCUT2D eigenvalue weighted by atomic mass is 9.86. The first kappa shape index (κ1) is 15.9. The van der Waals surface area contributed by atoms with E-state index in [1.54, 1.807) is 11.8 Å². The van der Waals surface area contributed by atoms with Crippen LogP contribution in [0.2, 0.25) is 0 Å². The number of hydrogen-bond acceptors (Lipinski definition) is 3. The van der Waals surface area contributed by atoms with E-state index in [0.717, 1.165) is 12.0 Å². The predicted octanol–water partition coefficient (Wildman–Crippen LogP) is 3.49. The van der Waals surface area contributed by atoms with Gasteiger partial charge in [0, 0.05) is 11.8 Å². The summed E-state index contributed by atoms with van der Waals surface area (Å²) < 4.78 is 0. The third kappa shape index (κ3) is 4.78. The Morgan fingerprint density at radius 2 is 2.14 bits per heavy atom. The first-order chi connectivity index (χ1) is 10.2. The molecule has 21 heavy (non-hydrogen) atoms. The van der Waals surface area contributed by atoms with Gasteiger partial charge < -0.3 is 5.32 Å². The average molecular weight is 302 g/mol. The van der Waals surface area contributed by atoms with E-state index in [2.05, 4.69) is 18.3 Å². The van der Waals surface area contributed by atoms with Gasteiger partial charge >= 0.3 is 0 Å². The highest BCUT2D eigenvalue weighted by Crippen LogP contribution is 2.24. The molecule has 0 spiro atoms. The van der Waals surface area contributed by atoms with Crippen LogP contribution in [0.5, 0.6) is 0 Å². The summed E-state index contributed by atoms with van der Waals surface area (Å²) in [7, 11) is 0. The van der Waals surface area contributed by atoms with Gasteiger partial charge in [-0.3, -0.25) is 4.79 Å². The van der Waals surface area contributed by atoms with Gasteiger partial charge in [0.15, 0.2) is 0 Å². The van der Waals surface area contributed by atoms with Crippen molar-refractivity contribution in [3.63, 3.8) is 0 Å². The zero-order valence-corrected chi connectivity index (χ0v) is 13.3. The standard InChI is InChI=1S/C17H22N2OS/c1-13-6-2-5-9-16(13)19-17(20)12-21-11-15-8-4-3-7-14(15)10-18/h3-4,7-8,13,16H,2,5-6,9,11-12H2,1H3,(H,19,20)/t13-,16-/m0/s1. The fraction of sp³-hybridized carbons (Fsp3) is 0.529. The molecule has 1 aliphatic rings. The minimum atomic E-state index is 0.119. The molecule has 0 bridgehead atoms. The van der Waals surface area contributed by atoms with Crippen molar-refractivity contribution in [1.29, 1.82) is 5.26 Å². The van der Waals surface area contributed by atoms with Crippen molar-refractivity contribution in [3.8, 4) is 6.07 Å². The van der Waals surface area contributed by atoms with Crippen LogP contribution in [0.15, 0.2) is 24.3 Å². The summed E-state index contributed by atoms with van der Waals surface area (Å²) in [5, 5.41) is 12.2. The molecule has 0 aliphatic heterocycles. The van der Waals surface area contributed by atoms with Gasteiger partial charge in [-0.05, 0) is 30.4 Å². The highest BCUT2D eigenvalue weighted by molar-refractivity contribution is 7.99. The van der Waals surface area contributed by atoms with E-state index in [-0.39, 0.29) is 5.91 Å². The maximum absolute atomic E-state index is 12.0. The van der Waals surface area contributed by atoms with Crippen LogP contribution in [-0.2, 0) is 10.5 Å². The number of thioether (sulfide) groups is 1. The molecule has 2 rings (SSSR count). The Labute approximate surface area is 131 Å². The first-order valence-electron chi connectivity index (χ1n) is 7.56. The third-order valence-electron chi connectivity index (χ3n) is 4.09. The molecule has 0 heterocycles. The topological polar surface area (TPSA) is 52.9 Å². The molecule has 1 aromatic rings. The van der Waals surface area contributed by atoms with E-state index in [1.807, 2.05) is 24.3 Å². The van der Waals surface area contributed by atoms with Crippen LogP contribution >= 0.6 is 11.8 Å². The monoisotopic (exact) mass is 302 g/mol. The summed E-state index contributed by atoms with van der Waals surface area (Å²) in [5.74, 6) is 1.88. The molecule has 0 unspecified atom stereocenters. The van der Waals surface area contributed by atoms with Crippen LogP contribution in [0.4, 0.5) is 0 Å². The lowest BCUT2D eigenvalue weighted by molar-refractivity contribution is -0.119. The van der Waals surface area contributed by atoms with Gasteiger partial charge in [0.1, 0.15) is 0 Å². The number of rotatable bonds is 5. The Bertz CT molecular complexity index is 524. The summed E-state index contributed by atoms with van der Waals surface area (Å²) >= 11 is 1.57. The Morgan fingerprint density at radius 1 is 1.38 bits per heavy atom. The largest absolute Gasteiger partial charge is 0.352 e. The normalized spacial score (nSPS) is 21.5. The lowest BCUT2D eigenvalue weighted by Crippen LogP contribution is -2.41. The van der Waals surface area contributed by atoms with Crippen molar-refractivity contribution in [2.75, 3.05) is 5.75 Å². The number of carbonyl (C=O) groups excluding carboxylic acids is 1. The molecule has 1 amide bonds. The molecular weight excluding hydrogens is 280 g/mol. The number of nitriles is 1. The first-order valence-corrected chi connectivity index (χ1v) is 8.71. The minimum Gasteiger partial charge on any atom is -0.352 e. The van der Waals surface area contributed by atoms with Gasteiger partial charge in [-0.2, -0.15) is 5.26 Å². The zero-order chi connectivity index (χ0) is 15.1. The van der Waals surface area contributed by atoms with Crippen LogP contribution in [0.25, 0.3) is 0 Å². The average Bonchev–Trinajstić information content (AvgIpc) is 2.50. The second-order valence-corrected chi connectivity index (χ2v) is 6.68. The van der Waals surface area contributed by atoms with Crippen molar-refractivity contribution in [2.24, 2.45) is 5.92 Å². The van der Waals surface area contributed by atoms with Crippen LogP contribution in [0.1, 0.15) is 43.7 Å². The molecule has 1 aromatic carbocycles. The van der Waals surface area contributed by atoms with E-state index in [1.165, 1.54) is 19.3 Å². The number of carbonyl (C=O) groups is 1. The smallest absolute Gasteiger partial charge is 0.230 e. The van der Waals surface area contributed by atoms with Crippen molar-refractivity contribution in [2.45, 2.75) is 44.4 Å². The molecule has 0 aromatic heterocycles. The summed E-state index contributed by atoms with van der Waals surface area (Å²) in [4.78, 5) is 12.0. The molecule has 3 nitrogen and oxygen atoms in total. The number of amides is 1. The van der Waals surface area contributed by atoms with E-state index in [9.17, 15) is 4.79 Å². The van der Waals surface area contributed by atoms with Crippen molar-refractivity contribution in [3.05, 3.63) is 35.4 Å². The molecule has 0 radical (unpaired) electrons. The van der Waals surface area contributed by atoms with E-state index >= 15 is 0 Å². The van der Waals surface area contributed by atoms with Gasteiger partial charge in [0.2, 0.25) is 5.91 Å². The van der Waals surface area contributed by atoms with Crippen LogP contribution in [-0.4, -0.2) is 17.7 Å². The molecule has 1 saturated carbocycles. The van der Waals surface area contributed by atoms with Gasteiger partial charge in [0.25, 0.3) is 0 Å². The number of nitrogens with zero attached hydrogens (tertiary/aromatic N) is 1. The van der Waals surface area contributed by atoms with Crippen molar-refractivity contribution < 1.29 is 4.79 Å². The summed E-state index contributed by atoms with van der Waals surface area (Å²) in [6.07, 6.45) is 4.83. The Balaban J connectivity index is 1.75. The fourth-order valence-electron chi connectivity index (χ4n) is 2.79. The van der Waals surface area contributed by atoms with Crippen molar-refractivity contribution in [1.82, 2.24) is 5.32 Å². The summed E-state index contributed by atoms with van der Waals surface area (Å²) in [5.41, 5.74) is 1.70. The van der Waals surface area contributed by atoms with Crippen LogP contribution < -0.4 is 5.32 Å². The van der Waals surface area contributed by atoms with Crippen LogP contribution in [0, 0.1) is 17.2 Å². The van der Waals surface area contributed by atoms with Gasteiger partial charge in [0.05, 0.1) is 17.4 Å². The molecule has 0 saturated heterocycles. The molecular formula is C17H22N2OS. The van der Waals surface area contributed by atoms with Gasteiger partial charge in [-0.15, -0.1) is 11.8 Å².